The molecule has 0 aliphatic rings. The van der Waals surface area contributed by atoms with Crippen LogP contribution < -0.4 is 11.5 Å². The van der Waals surface area contributed by atoms with E-state index < -0.39 is 5.76 Å². The molecule has 0 aliphatic heterocycles. The first-order chi connectivity index (χ1) is 8.35. The van der Waals surface area contributed by atoms with Crippen LogP contribution in [-0.4, -0.2) is 16.3 Å². The topological polar surface area (TPSA) is 89.1 Å². The standard InChI is InChI=1S/C13H16N2O3/c1-13(2,14)6-5-10(16)8-3-4-9-11(7-8)18-12(17)15-9/h3-4,7H,5-6,14H2,1-2H3,(H,15,17). The van der Waals surface area contributed by atoms with Gasteiger partial charge in [0.15, 0.2) is 11.4 Å². The second-order valence-electron chi connectivity index (χ2n) is 5.14. The van der Waals surface area contributed by atoms with E-state index in [1.165, 1.54) is 0 Å². The molecule has 3 N–H and O–H groups in total. The molecule has 0 saturated heterocycles. The van der Waals surface area contributed by atoms with Gasteiger partial charge in [-0.2, -0.15) is 0 Å². The van der Waals surface area contributed by atoms with Gasteiger partial charge in [0.05, 0.1) is 5.52 Å². The Bertz CT molecular complexity index is 631. The summed E-state index contributed by atoms with van der Waals surface area (Å²) in [4.78, 5) is 25.5. The third-order valence-electron chi connectivity index (χ3n) is 2.74. The average Bonchev–Trinajstić information content (AvgIpc) is 2.63. The molecule has 1 aromatic carbocycles. The summed E-state index contributed by atoms with van der Waals surface area (Å²) >= 11 is 0. The number of fused-ring (bicyclic) bond motifs is 1. The Kier molecular flexibility index (Phi) is 3.09. The molecule has 0 radical (unpaired) electrons. The number of aromatic amines is 1. The highest BCUT2D eigenvalue weighted by Crippen LogP contribution is 2.16. The number of nitrogens with one attached hydrogen (secondary N) is 1. The van der Waals surface area contributed by atoms with E-state index in [1.54, 1.807) is 18.2 Å². The molecule has 18 heavy (non-hydrogen) atoms. The van der Waals surface area contributed by atoms with Gasteiger partial charge in [0.2, 0.25) is 0 Å². The van der Waals surface area contributed by atoms with Crippen LogP contribution in [0.15, 0.2) is 27.4 Å². The molecule has 2 rings (SSSR count). The highest BCUT2D eigenvalue weighted by Gasteiger charge is 2.15. The van der Waals surface area contributed by atoms with Crippen LogP contribution in [0.1, 0.15) is 37.0 Å². The first kappa shape index (κ1) is 12.6. The molecule has 0 fully saturated rings. The Balaban J connectivity index is 2.20. The maximum absolute atomic E-state index is 12.0. The molecular formula is C13H16N2O3. The second-order valence-corrected chi connectivity index (χ2v) is 5.14. The van der Waals surface area contributed by atoms with E-state index in [2.05, 4.69) is 4.98 Å². The van der Waals surface area contributed by atoms with Crippen LogP contribution in [0.2, 0.25) is 0 Å². The van der Waals surface area contributed by atoms with Gasteiger partial charge in [0, 0.05) is 17.5 Å². The summed E-state index contributed by atoms with van der Waals surface area (Å²) in [5.74, 6) is -0.517. The fraction of sp³-hybridized carbons (Fsp3) is 0.385. The fourth-order valence-corrected chi connectivity index (χ4v) is 1.70. The van der Waals surface area contributed by atoms with Gasteiger partial charge in [-0.05, 0) is 38.5 Å². The van der Waals surface area contributed by atoms with Crippen molar-refractivity contribution in [3.05, 3.63) is 34.3 Å². The number of carbonyl (C=O) groups is 1. The summed E-state index contributed by atoms with van der Waals surface area (Å²) in [5.41, 5.74) is 7.01. The number of aromatic nitrogens is 1. The van der Waals surface area contributed by atoms with Crippen molar-refractivity contribution in [1.29, 1.82) is 0 Å². The lowest BCUT2D eigenvalue weighted by Gasteiger charge is -2.17. The molecular weight excluding hydrogens is 232 g/mol. The maximum atomic E-state index is 12.0. The molecule has 0 saturated carbocycles. The van der Waals surface area contributed by atoms with Crippen LogP contribution in [-0.2, 0) is 0 Å². The Morgan fingerprint density at radius 2 is 2.17 bits per heavy atom. The van der Waals surface area contributed by atoms with Gasteiger partial charge in [0.25, 0.3) is 0 Å². The summed E-state index contributed by atoms with van der Waals surface area (Å²) in [6, 6.07) is 4.93. The number of hydrogen-bond acceptors (Lipinski definition) is 4. The zero-order valence-electron chi connectivity index (χ0n) is 10.4. The van der Waals surface area contributed by atoms with Crippen molar-refractivity contribution >= 4 is 16.9 Å². The minimum atomic E-state index is -0.516. The summed E-state index contributed by atoms with van der Waals surface area (Å²) in [7, 11) is 0. The minimum Gasteiger partial charge on any atom is -0.408 e. The third kappa shape index (κ3) is 2.87. The van der Waals surface area contributed by atoms with Crippen molar-refractivity contribution in [2.45, 2.75) is 32.2 Å². The predicted octanol–water partition coefficient (Wildman–Crippen LogP) is 1.82. The molecule has 0 aliphatic carbocycles. The molecule has 2 aromatic rings. The Morgan fingerprint density at radius 3 is 2.83 bits per heavy atom. The van der Waals surface area contributed by atoms with E-state index in [9.17, 15) is 9.59 Å². The van der Waals surface area contributed by atoms with E-state index >= 15 is 0 Å². The Morgan fingerprint density at radius 1 is 1.44 bits per heavy atom. The number of hydrogen-bond donors (Lipinski definition) is 2. The second kappa shape index (κ2) is 4.42. The van der Waals surface area contributed by atoms with E-state index in [0.29, 0.717) is 29.5 Å². The number of nitrogens with two attached hydrogens (primary N) is 1. The first-order valence-electron chi connectivity index (χ1n) is 5.80. The first-order valence-corrected chi connectivity index (χ1v) is 5.80. The minimum absolute atomic E-state index is 0.000672. The zero-order chi connectivity index (χ0) is 13.3. The van der Waals surface area contributed by atoms with Gasteiger partial charge in [0.1, 0.15) is 0 Å². The van der Waals surface area contributed by atoms with Crippen molar-refractivity contribution in [1.82, 2.24) is 4.98 Å². The van der Waals surface area contributed by atoms with Gasteiger partial charge in [-0.1, -0.05) is 0 Å². The van der Waals surface area contributed by atoms with Crippen LogP contribution in [0.5, 0.6) is 0 Å². The Labute approximate surface area is 104 Å². The fourth-order valence-electron chi connectivity index (χ4n) is 1.70. The van der Waals surface area contributed by atoms with Crippen LogP contribution in [0, 0.1) is 0 Å². The molecule has 1 heterocycles. The van der Waals surface area contributed by atoms with Crippen molar-refractivity contribution in [2.24, 2.45) is 5.73 Å². The number of ketones is 1. The average molecular weight is 248 g/mol. The lowest BCUT2D eigenvalue weighted by atomic mass is 9.96. The maximum Gasteiger partial charge on any atom is 0.417 e. The lowest BCUT2D eigenvalue weighted by molar-refractivity contribution is 0.0972. The largest absolute Gasteiger partial charge is 0.417 e. The van der Waals surface area contributed by atoms with Gasteiger partial charge >= 0.3 is 5.76 Å². The van der Waals surface area contributed by atoms with Crippen LogP contribution in [0.4, 0.5) is 0 Å². The van der Waals surface area contributed by atoms with Crippen molar-refractivity contribution in [3.63, 3.8) is 0 Å². The van der Waals surface area contributed by atoms with E-state index in [1.807, 2.05) is 13.8 Å². The molecule has 0 amide bonds. The Hall–Kier alpha value is -1.88. The third-order valence-corrected chi connectivity index (χ3v) is 2.74. The highest BCUT2D eigenvalue weighted by atomic mass is 16.4. The smallest absolute Gasteiger partial charge is 0.408 e. The van der Waals surface area contributed by atoms with Crippen LogP contribution in [0.25, 0.3) is 11.1 Å². The number of Topliss-reactive ketones (excluding diaryl/α,β-unsaturated/α-hetero) is 1. The monoisotopic (exact) mass is 248 g/mol. The van der Waals surface area contributed by atoms with E-state index in [4.69, 9.17) is 10.2 Å². The lowest BCUT2D eigenvalue weighted by Crippen LogP contribution is -2.32. The number of carbonyl (C=O) groups excluding carboxylic acids is 1. The van der Waals surface area contributed by atoms with Gasteiger partial charge in [-0.25, -0.2) is 4.79 Å². The number of oxazole rings is 1. The molecule has 0 atom stereocenters. The van der Waals surface area contributed by atoms with E-state index in [-0.39, 0.29) is 11.3 Å². The summed E-state index contributed by atoms with van der Waals surface area (Å²) in [5, 5.41) is 0. The molecule has 0 bridgehead atoms. The summed E-state index contributed by atoms with van der Waals surface area (Å²) < 4.78 is 4.92. The molecule has 0 spiro atoms. The van der Waals surface area contributed by atoms with Crippen LogP contribution in [0.3, 0.4) is 0 Å². The van der Waals surface area contributed by atoms with E-state index in [0.717, 1.165) is 0 Å². The molecule has 5 heteroatoms. The van der Waals surface area contributed by atoms with Gasteiger partial charge < -0.3 is 10.2 Å². The number of benzene rings is 1. The summed E-state index contributed by atoms with van der Waals surface area (Å²) in [6.07, 6.45) is 0.991. The zero-order valence-corrected chi connectivity index (χ0v) is 10.4. The molecule has 0 unspecified atom stereocenters. The van der Waals surface area contributed by atoms with Crippen molar-refractivity contribution in [2.75, 3.05) is 0 Å². The van der Waals surface area contributed by atoms with Crippen molar-refractivity contribution in [3.8, 4) is 0 Å². The number of H-pyrrole nitrogens is 1. The molecule has 5 nitrogen and oxygen atoms in total. The normalized spacial score (nSPS) is 11.9. The molecule has 96 valence electrons. The van der Waals surface area contributed by atoms with Crippen molar-refractivity contribution < 1.29 is 9.21 Å². The van der Waals surface area contributed by atoms with Crippen LogP contribution >= 0.6 is 0 Å². The SMILES string of the molecule is CC(C)(N)CCC(=O)c1ccc2[nH]c(=O)oc2c1. The van der Waals surface area contributed by atoms with Gasteiger partial charge in [-0.15, -0.1) is 0 Å². The number of rotatable bonds is 4. The quantitative estimate of drug-likeness (QED) is 0.808. The highest BCUT2D eigenvalue weighted by molar-refractivity contribution is 5.98. The summed E-state index contributed by atoms with van der Waals surface area (Å²) in [6.45, 7) is 3.77. The molecule has 1 aromatic heterocycles. The predicted molar refractivity (Wildman–Crippen MR) is 68.7 cm³/mol. The van der Waals surface area contributed by atoms with Gasteiger partial charge in [-0.3, -0.25) is 9.78 Å².